The lowest BCUT2D eigenvalue weighted by Crippen LogP contribution is -2.52. The lowest BCUT2D eigenvalue weighted by Gasteiger charge is -2.32. The van der Waals surface area contributed by atoms with E-state index in [0.29, 0.717) is 25.8 Å². The van der Waals surface area contributed by atoms with Gasteiger partial charge >= 0.3 is 0 Å². The molecule has 0 aromatic heterocycles. The Kier molecular flexibility index (Phi) is 9.10. The van der Waals surface area contributed by atoms with Crippen molar-refractivity contribution in [1.29, 1.82) is 0 Å². The number of amides is 2. The van der Waals surface area contributed by atoms with Gasteiger partial charge in [0.25, 0.3) is 0 Å². The van der Waals surface area contributed by atoms with Crippen LogP contribution in [0.2, 0.25) is 0 Å². The van der Waals surface area contributed by atoms with Gasteiger partial charge in [0, 0.05) is 29.9 Å². The Morgan fingerprint density at radius 3 is 2.33 bits per heavy atom. The third-order valence-electron chi connectivity index (χ3n) is 7.70. The zero-order valence-corrected chi connectivity index (χ0v) is 23.8. The Morgan fingerprint density at radius 1 is 0.846 bits per heavy atom. The third kappa shape index (κ3) is 7.15. The molecule has 4 aromatic rings. The number of rotatable bonds is 10. The van der Waals surface area contributed by atoms with E-state index < -0.39 is 6.04 Å². The number of carbonyl (C=O) groups is 2. The highest BCUT2D eigenvalue weighted by Gasteiger charge is 2.32. The maximum atomic E-state index is 14.0. The molecule has 0 saturated heterocycles. The molecule has 1 N–H and O–H groups in total. The highest BCUT2D eigenvalue weighted by Crippen LogP contribution is 2.23. The van der Waals surface area contributed by atoms with E-state index in [-0.39, 0.29) is 17.9 Å². The molecule has 1 atom stereocenters. The first-order valence-corrected chi connectivity index (χ1v) is 14.7. The number of hydrogen-bond donors (Lipinski definition) is 1. The van der Waals surface area contributed by atoms with Gasteiger partial charge in [-0.15, -0.1) is 0 Å². The number of carbonyl (C=O) groups excluding carboxylic acids is 2. The molecule has 0 aliphatic heterocycles. The van der Waals surface area contributed by atoms with Crippen LogP contribution >= 0.6 is 15.9 Å². The number of nitrogens with zero attached hydrogens (tertiary/aromatic N) is 1. The van der Waals surface area contributed by atoms with Crippen molar-refractivity contribution >= 4 is 38.5 Å². The first kappa shape index (κ1) is 27.1. The summed E-state index contributed by atoms with van der Waals surface area (Å²) in [6.07, 6.45) is 5.73. The van der Waals surface area contributed by atoms with E-state index >= 15 is 0 Å². The van der Waals surface area contributed by atoms with Gasteiger partial charge in [-0.1, -0.05) is 114 Å². The van der Waals surface area contributed by atoms with Crippen LogP contribution in [0.3, 0.4) is 0 Å². The molecule has 5 heteroatoms. The van der Waals surface area contributed by atoms with Crippen LogP contribution in [-0.2, 0) is 29.0 Å². The smallest absolute Gasteiger partial charge is 0.243 e. The molecule has 0 bridgehead atoms. The maximum Gasteiger partial charge on any atom is 0.243 e. The van der Waals surface area contributed by atoms with Crippen molar-refractivity contribution in [3.63, 3.8) is 0 Å². The summed E-state index contributed by atoms with van der Waals surface area (Å²) in [7, 11) is 0. The molecule has 1 saturated carbocycles. The van der Waals surface area contributed by atoms with Crippen molar-refractivity contribution in [3.05, 3.63) is 118 Å². The summed E-state index contributed by atoms with van der Waals surface area (Å²) in [5.74, 6) is -0.0651. The Morgan fingerprint density at radius 2 is 1.54 bits per heavy atom. The molecule has 0 unspecified atom stereocenters. The molecule has 2 amide bonds. The van der Waals surface area contributed by atoms with Gasteiger partial charge in [-0.2, -0.15) is 0 Å². The van der Waals surface area contributed by atoms with Crippen molar-refractivity contribution in [1.82, 2.24) is 10.2 Å². The average molecular weight is 584 g/mol. The second-order valence-electron chi connectivity index (χ2n) is 10.5. The lowest BCUT2D eigenvalue weighted by atomic mass is 9.99. The zero-order chi connectivity index (χ0) is 27.0. The van der Waals surface area contributed by atoms with Gasteiger partial charge in [0.15, 0.2) is 0 Å². The van der Waals surface area contributed by atoms with Crippen LogP contribution < -0.4 is 5.32 Å². The maximum absolute atomic E-state index is 14.0. The van der Waals surface area contributed by atoms with E-state index in [0.717, 1.165) is 46.8 Å². The fraction of sp³-hybridized carbons (Fsp3) is 0.294. The van der Waals surface area contributed by atoms with Crippen molar-refractivity contribution < 1.29 is 9.59 Å². The first-order valence-electron chi connectivity index (χ1n) is 13.9. The minimum absolute atomic E-state index is 0.00888. The topological polar surface area (TPSA) is 49.4 Å². The minimum atomic E-state index is -0.591. The summed E-state index contributed by atoms with van der Waals surface area (Å²) in [4.78, 5) is 29.7. The van der Waals surface area contributed by atoms with Crippen molar-refractivity contribution in [2.24, 2.45) is 0 Å². The van der Waals surface area contributed by atoms with Gasteiger partial charge in [0.1, 0.15) is 6.04 Å². The highest BCUT2D eigenvalue weighted by molar-refractivity contribution is 9.10. The molecule has 1 aliphatic carbocycles. The van der Waals surface area contributed by atoms with Crippen LogP contribution in [0.4, 0.5) is 0 Å². The van der Waals surface area contributed by atoms with Gasteiger partial charge in [-0.05, 0) is 58.9 Å². The summed E-state index contributed by atoms with van der Waals surface area (Å²) >= 11 is 3.57. The van der Waals surface area contributed by atoms with E-state index in [1.54, 1.807) is 0 Å². The standard InChI is InChI=1S/C34H35BrN2O2/c35-29-16-8-12-26(22-29)24-37(33(38)21-20-28-15-9-14-27-13-4-7-19-31(27)28)32(23-25-10-2-1-3-11-25)34(39)36-30-17-5-6-18-30/h1-4,7-16,19,22,30,32H,5-6,17-18,20-21,23-24H2,(H,36,39)/t32-/m0/s1. The zero-order valence-electron chi connectivity index (χ0n) is 22.2. The molecule has 0 radical (unpaired) electrons. The minimum Gasteiger partial charge on any atom is -0.352 e. The largest absolute Gasteiger partial charge is 0.352 e. The molecule has 4 aromatic carbocycles. The molecule has 0 spiro atoms. The van der Waals surface area contributed by atoms with Crippen molar-refractivity contribution in [2.45, 2.75) is 63.6 Å². The number of benzene rings is 4. The van der Waals surface area contributed by atoms with Gasteiger partial charge in [0.2, 0.25) is 11.8 Å². The predicted octanol–water partition coefficient (Wildman–Crippen LogP) is 7.23. The first-order chi connectivity index (χ1) is 19.1. The third-order valence-corrected chi connectivity index (χ3v) is 8.20. The van der Waals surface area contributed by atoms with E-state index in [1.165, 1.54) is 10.8 Å². The fourth-order valence-corrected chi connectivity index (χ4v) is 6.10. The van der Waals surface area contributed by atoms with Crippen LogP contribution in [-0.4, -0.2) is 28.8 Å². The van der Waals surface area contributed by atoms with Crippen molar-refractivity contribution in [3.8, 4) is 0 Å². The van der Waals surface area contributed by atoms with Crippen molar-refractivity contribution in [2.75, 3.05) is 0 Å². The molecule has 4 nitrogen and oxygen atoms in total. The number of nitrogens with one attached hydrogen (secondary N) is 1. The normalized spacial score (nSPS) is 14.3. The fourth-order valence-electron chi connectivity index (χ4n) is 5.65. The van der Waals surface area contributed by atoms with E-state index in [1.807, 2.05) is 71.6 Å². The monoisotopic (exact) mass is 582 g/mol. The van der Waals surface area contributed by atoms with Gasteiger partial charge in [-0.25, -0.2) is 0 Å². The van der Waals surface area contributed by atoms with Gasteiger partial charge in [0.05, 0.1) is 0 Å². The molecular formula is C34H35BrN2O2. The molecule has 39 heavy (non-hydrogen) atoms. The Balaban J connectivity index is 1.44. The molecule has 5 rings (SSSR count). The summed E-state index contributed by atoms with van der Waals surface area (Å²) in [6.45, 7) is 0.378. The predicted molar refractivity (Wildman–Crippen MR) is 161 cm³/mol. The van der Waals surface area contributed by atoms with Gasteiger partial charge in [-0.3, -0.25) is 9.59 Å². The summed E-state index contributed by atoms with van der Waals surface area (Å²) in [6, 6.07) is 32.2. The molecule has 1 aliphatic rings. The van der Waals surface area contributed by atoms with E-state index in [4.69, 9.17) is 0 Å². The Bertz CT molecular complexity index is 1410. The quantitative estimate of drug-likeness (QED) is 0.214. The van der Waals surface area contributed by atoms with Gasteiger partial charge < -0.3 is 10.2 Å². The number of aryl methyl sites for hydroxylation is 1. The molecule has 0 heterocycles. The second-order valence-corrected chi connectivity index (χ2v) is 11.4. The highest BCUT2D eigenvalue weighted by atomic mass is 79.9. The molecule has 200 valence electrons. The van der Waals surface area contributed by atoms with Crippen LogP contribution in [0.15, 0.2) is 102 Å². The SMILES string of the molecule is O=C(NC1CCCC1)[C@H](Cc1ccccc1)N(Cc1cccc(Br)c1)C(=O)CCc1cccc2ccccc12. The number of fused-ring (bicyclic) bond motifs is 1. The van der Waals surface area contributed by atoms with Crippen LogP contribution in [0.25, 0.3) is 10.8 Å². The van der Waals surface area contributed by atoms with Crippen LogP contribution in [0.5, 0.6) is 0 Å². The Hall–Kier alpha value is -3.44. The molecular weight excluding hydrogens is 548 g/mol. The average Bonchev–Trinajstić information content (AvgIpc) is 3.47. The lowest BCUT2D eigenvalue weighted by molar-refractivity contribution is -0.141. The number of hydrogen-bond acceptors (Lipinski definition) is 2. The summed E-state index contributed by atoms with van der Waals surface area (Å²) in [5, 5.41) is 5.63. The summed E-state index contributed by atoms with van der Waals surface area (Å²) in [5.41, 5.74) is 3.19. The van der Waals surface area contributed by atoms with Crippen LogP contribution in [0, 0.1) is 0 Å². The number of halogens is 1. The molecule has 1 fully saturated rings. The van der Waals surface area contributed by atoms with E-state index in [2.05, 4.69) is 51.6 Å². The second kappa shape index (κ2) is 13.1. The summed E-state index contributed by atoms with van der Waals surface area (Å²) < 4.78 is 0.957. The van der Waals surface area contributed by atoms with E-state index in [9.17, 15) is 9.59 Å². The Labute approximate surface area is 239 Å². The van der Waals surface area contributed by atoms with Crippen LogP contribution in [0.1, 0.15) is 48.8 Å².